The summed E-state index contributed by atoms with van der Waals surface area (Å²) in [5.41, 5.74) is 3.03. The van der Waals surface area contributed by atoms with Crippen LogP contribution >= 0.6 is 0 Å². The van der Waals surface area contributed by atoms with Crippen molar-refractivity contribution in [3.05, 3.63) is 34.4 Å². The summed E-state index contributed by atoms with van der Waals surface area (Å²) in [5, 5.41) is 31.5. The Hall–Kier alpha value is -0.940. The fourth-order valence-electron chi connectivity index (χ4n) is 6.14. The van der Waals surface area contributed by atoms with Gasteiger partial charge in [0, 0.05) is 6.61 Å². The first-order valence-corrected chi connectivity index (χ1v) is 17.5. The first kappa shape index (κ1) is 39.1. The van der Waals surface area contributed by atoms with Gasteiger partial charge in [0.2, 0.25) is 0 Å². The summed E-state index contributed by atoms with van der Waals surface area (Å²) in [6.45, 7) is 17.1. The third-order valence-electron chi connectivity index (χ3n) is 8.99. The molecule has 0 fully saturated rings. The molecule has 0 aliphatic rings. The number of rotatable bonds is 23. The van der Waals surface area contributed by atoms with Crippen LogP contribution in [0.25, 0.3) is 0 Å². The van der Waals surface area contributed by atoms with Gasteiger partial charge >= 0.3 is 0 Å². The lowest BCUT2D eigenvalue weighted by Gasteiger charge is -2.42. The fraction of sp³-hybridized carbons (Fsp3) is 0.842. The van der Waals surface area contributed by atoms with Gasteiger partial charge in [0.05, 0.1) is 31.3 Å². The minimum atomic E-state index is -1.16. The van der Waals surface area contributed by atoms with E-state index in [2.05, 4.69) is 67.5 Å². The van der Waals surface area contributed by atoms with Crippen LogP contribution in [0.15, 0.2) is 12.1 Å². The molecule has 0 radical (unpaired) electrons. The fourth-order valence-corrected chi connectivity index (χ4v) is 6.14. The van der Waals surface area contributed by atoms with Crippen LogP contribution in [0.2, 0.25) is 0 Å². The Morgan fingerprint density at radius 2 is 0.905 bits per heavy atom. The molecule has 0 aromatic heterocycles. The number of aryl methyl sites for hydroxylation is 1. The molecule has 3 N–H and O–H groups in total. The molecule has 0 saturated carbocycles. The number of unbranched alkanes of at least 4 members (excludes halogenated alkanes) is 15. The van der Waals surface area contributed by atoms with Gasteiger partial charge in [0.25, 0.3) is 0 Å². The number of ether oxygens (including phenoxy) is 1. The highest BCUT2D eigenvalue weighted by molar-refractivity contribution is 5.47. The number of benzene rings is 1. The molecule has 0 heterocycles. The zero-order chi connectivity index (χ0) is 31.7. The molecule has 0 saturated heterocycles. The molecule has 0 aliphatic carbocycles. The molecule has 246 valence electrons. The molecule has 42 heavy (non-hydrogen) atoms. The average Bonchev–Trinajstić information content (AvgIpc) is 2.93. The first-order valence-electron chi connectivity index (χ1n) is 17.5. The van der Waals surface area contributed by atoms with E-state index in [1.165, 1.54) is 95.5 Å². The minimum absolute atomic E-state index is 0.163. The maximum absolute atomic E-state index is 10.5. The lowest BCUT2D eigenvalue weighted by Crippen LogP contribution is -2.43. The van der Waals surface area contributed by atoms with Crippen LogP contribution in [0.3, 0.4) is 0 Å². The Morgan fingerprint density at radius 1 is 0.571 bits per heavy atom. The van der Waals surface area contributed by atoms with E-state index in [0.29, 0.717) is 6.61 Å². The van der Waals surface area contributed by atoms with Crippen LogP contribution in [0.4, 0.5) is 0 Å². The Labute approximate surface area is 261 Å². The SMILES string of the molecule is CCCCCCCCCCCCCCCCCCOC(c1c(C(C)(C)C)cc(C)cc1C(C)(C)C)C(CO)(CO)CO. The van der Waals surface area contributed by atoms with Crippen LogP contribution < -0.4 is 0 Å². The van der Waals surface area contributed by atoms with E-state index in [4.69, 9.17) is 4.74 Å². The van der Waals surface area contributed by atoms with E-state index in [-0.39, 0.29) is 30.7 Å². The van der Waals surface area contributed by atoms with Crippen LogP contribution in [-0.4, -0.2) is 41.7 Å². The molecule has 1 aromatic carbocycles. The normalized spacial score (nSPS) is 13.6. The van der Waals surface area contributed by atoms with Crippen molar-refractivity contribution in [2.45, 2.75) is 175 Å². The van der Waals surface area contributed by atoms with Crippen LogP contribution in [0.5, 0.6) is 0 Å². The van der Waals surface area contributed by atoms with Crippen molar-refractivity contribution in [3.8, 4) is 0 Å². The highest BCUT2D eigenvalue weighted by Gasteiger charge is 2.44. The van der Waals surface area contributed by atoms with E-state index in [0.717, 1.165) is 29.5 Å². The van der Waals surface area contributed by atoms with Gasteiger partial charge in [-0.1, -0.05) is 162 Å². The van der Waals surface area contributed by atoms with Crippen molar-refractivity contribution in [1.82, 2.24) is 0 Å². The second-order valence-electron chi connectivity index (χ2n) is 15.2. The predicted octanol–water partition coefficient (Wildman–Crippen LogP) is 9.87. The maximum atomic E-state index is 10.5. The van der Waals surface area contributed by atoms with Crippen LogP contribution in [0, 0.1) is 12.3 Å². The second kappa shape index (κ2) is 20.2. The lowest BCUT2D eigenvalue weighted by molar-refractivity contribution is -0.118. The van der Waals surface area contributed by atoms with Gasteiger partial charge in [-0.3, -0.25) is 0 Å². The molecule has 1 unspecified atom stereocenters. The first-order chi connectivity index (χ1) is 19.9. The molecule has 0 amide bonds. The van der Waals surface area contributed by atoms with Crippen molar-refractivity contribution in [2.75, 3.05) is 26.4 Å². The molecule has 4 heteroatoms. The van der Waals surface area contributed by atoms with Crippen molar-refractivity contribution in [3.63, 3.8) is 0 Å². The van der Waals surface area contributed by atoms with Gasteiger partial charge in [0.15, 0.2) is 0 Å². The molecular formula is C38H70O4. The Balaban J connectivity index is 2.68. The third-order valence-corrected chi connectivity index (χ3v) is 8.99. The summed E-state index contributed by atoms with van der Waals surface area (Å²) in [6.07, 6.45) is 20.6. The standard InChI is InChI=1S/C38H70O4/c1-9-10-11-12-13-14-15-16-17-18-19-20-21-22-23-24-25-42-35(38(28-39,29-40)30-41)34-32(36(3,4)5)26-31(2)27-33(34)37(6,7)8/h26-27,35,39-41H,9-25,28-30H2,1-8H3. The summed E-state index contributed by atoms with van der Waals surface area (Å²) in [7, 11) is 0. The van der Waals surface area contributed by atoms with Crippen molar-refractivity contribution in [1.29, 1.82) is 0 Å². The topological polar surface area (TPSA) is 69.9 Å². The Morgan fingerprint density at radius 3 is 1.21 bits per heavy atom. The maximum Gasteiger partial charge on any atom is 0.0953 e. The molecule has 0 bridgehead atoms. The largest absolute Gasteiger partial charge is 0.395 e. The Bertz CT molecular complexity index is 785. The van der Waals surface area contributed by atoms with E-state index >= 15 is 0 Å². The molecule has 0 aliphatic heterocycles. The van der Waals surface area contributed by atoms with E-state index in [1.807, 2.05) is 0 Å². The molecule has 1 rings (SSSR count). The highest BCUT2D eigenvalue weighted by Crippen LogP contribution is 2.46. The van der Waals surface area contributed by atoms with Crippen LogP contribution in [0.1, 0.15) is 180 Å². The zero-order valence-electron chi connectivity index (χ0n) is 29.1. The number of aliphatic hydroxyl groups is 3. The van der Waals surface area contributed by atoms with Crippen molar-refractivity contribution in [2.24, 2.45) is 5.41 Å². The molecular weight excluding hydrogens is 520 g/mol. The van der Waals surface area contributed by atoms with Gasteiger partial charge in [-0.2, -0.15) is 0 Å². The van der Waals surface area contributed by atoms with E-state index in [1.54, 1.807) is 0 Å². The highest BCUT2D eigenvalue weighted by atomic mass is 16.5. The summed E-state index contributed by atoms with van der Waals surface area (Å²) >= 11 is 0. The van der Waals surface area contributed by atoms with Gasteiger partial charge in [-0.15, -0.1) is 0 Å². The summed E-state index contributed by atoms with van der Waals surface area (Å²) in [4.78, 5) is 0. The molecule has 4 nitrogen and oxygen atoms in total. The van der Waals surface area contributed by atoms with Gasteiger partial charge in [-0.25, -0.2) is 0 Å². The predicted molar refractivity (Wildman–Crippen MR) is 181 cm³/mol. The quantitative estimate of drug-likeness (QED) is 0.111. The van der Waals surface area contributed by atoms with E-state index < -0.39 is 11.5 Å². The number of hydrogen-bond donors (Lipinski definition) is 3. The third kappa shape index (κ3) is 13.4. The number of aliphatic hydroxyl groups excluding tert-OH is 3. The number of hydrogen-bond acceptors (Lipinski definition) is 4. The van der Waals surface area contributed by atoms with Gasteiger partial charge in [-0.05, 0) is 40.9 Å². The summed E-state index contributed by atoms with van der Waals surface area (Å²) in [5.74, 6) is 0. The van der Waals surface area contributed by atoms with Crippen molar-refractivity contribution < 1.29 is 20.1 Å². The molecule has 1 aromatic rings. The smallest absolute Gasteiger partial charge is 0.0953 e. The van der Waals surface area contributed by atoms with Gasteiger partial charge < -0.3 is 20.1 Å². The van der Waals surface area contributed by atoms with Crippen molar-refractivity contribution >= 4 is 0 Å². The Kier molecular flexibility index (Phi) is 18.8. The molecule has 1 atom stereocenters. The van der Waals surface area contributed by atoms with E-state index in [9.17, 15) is 15.3 Å². The van der Waals surface area contributed by atoms with Gasteiger partial charge in [0.1, 0.15) is 0 Å². The molecule has 0 spiro atoms. The monoisotopic (exact) mass is 591 g/mol. The second-order valence-corrected chi connectivity index (χ2v) is 15.2. The zero-order valence-corrected chi connectivity index (χ0v) is 29.1. The summed E-state index contributed by atoms with van der Waals surface area (Å²) in [6, 6.07) is 4.43. The minimum Gasteiger partial charge on any atom is -0.395 e. The van der Waals surface area contributed by atoms with Crippen LogP contribution in [-0.2, 0) is 15.6 Å². The average molecular weight is 591 g/mol. The summed E-state index contributed by atoms with van der Waals surface area (Å²) < 4.78 is 6.62. The lowest BCUT2D eigenvalue weighted by atomic mass is 9.69.